The molecule has 1 saturated heterocycles. The maximum Gasteiger partial charge on any atom is 0.254 e. The van der Waals surface area contributed by atoms with E-state index < -0.39 is 0 Å². The quantitative estimate of drug-likeness (QED) is 0.923. The summed E-state index contributed by atoms with van der Waals surface area (Å²) in [7, 11) is 0. The van der Waals surface area contributed by atoms with E-state index in [0.717, 1.165) is 25.7 Å². The zero-order valence-electron chi connectivity index (χ0n) is 11.6. The van der Waals surface area contributed by atoms with Gasteiger partial charge in [-0.3, -0.25) is 4.79 Å². The minimum absolute atomic E-state index is 0.0519. The smallest absolute Gasteiger partial charge is 0.254 e. The predicted octanol–water partition coefficient (Wildman–Crippen LogP) is 2.48. The Labute approximate surface area is 118 Å². The van der Waals surface area contributed by atoms with E-state index in [2.05, 4.69) is 5.32 Å². The average Bonchev–Trinajstić information content (AvgIpc) is 3.05. The second-order valence-electron chi connectivity index (χ2n) is 5.60. The highest BCUT2D eigenvalue weighted by Crippen LogP contribution is 2.36. The molecule has 1 aromatic rings. The van der Waals surface area contributed by atoms with Crippen molar-refractivity contribution in [3.8, 4) is 0 Å². The highest BCUT2D eigenvalue weighted by atomic mass is 16.7. The van der Waals surface area contributed by atoms with E-state index in [-0.39, 0.29) is 17.8 Å². The fourth-order valence-electron chi connectivity index (χ4n) is 2.95. The van der Waals surface area contributed by atoms with Crippen molar-refractivity contribution in [2.45, 2.75) is 50.4 Å². The molecule has 1 spiro atoms. The predicted molar refractivity (Wildman–Crippen MR) is 72.3 cm³/mol. The Bertz CT molecular complexity index is 435. The number of hydrogen-bond acceptors (Lipinski definition) is 4. The lowest BCUT2D eigenvalue weighted by Gasteiger charge is -2.26. The second kappa shape index (κ2) is 5.97. The van der Waals surface area contributed by atoms with Crippen LogP contribution in [0.5, 0.6) is 0 Å². The number of rotatable bonds is 3. The molecule has 0 radical (unpaired) electrons. The third-order valence-corrected chi connectivity index (χ3v) is 4.05. The van der Waals surface area contributed by atoms with Gasteiger partial charge in [0.1, 0.15) is 12.4 Å². The van der Waals surface area contributed by atoms with Crippen molar-refractivity contribution >= 4 is 5.91 Å². The first-order valence-corrected chi connectivity index (χ1v) is 7.40. The van der Waals surface area contributed by atoms with Crippen molar-refractivity contribution < 1.29 is 18.7 Å². The number of amides is 1. The number of ether oxygens (including phenoxy) is 2. The van der Waals surface area contributed by atoms with Gasteiger partial charge in [-0.1, -0.05) is 12.8 Å². The topological polar surface area (TPSA) is 60.7 Å². The molecule has 2 heterocycles. The first-order valence-electron chi connectivity index (χ1n) is 7.40. The van der Waals surface area contributed by atoms with Crippen molar-refractivity contribution in [2.75, 3.05) is 13.2 Å². The third-order valence-electron chi connectivity index (χ3n) is 4.05. The molecule has 2 aliphatic rings. The summed E-state index contributed by atoms with van der Waals surface area (Å²) >= 11 is 0. The molecule has 1 N–H and O–H groups in total. The molecule has 0 aromatic carbocycles. The van der Waals surface area contributed by atoms with Crippen molar-refractivity contribution in [2.24, 2.45) is 0 Å². The number of hydrogen-bond donors (Lipinski definition) is 1. The van der Waals surface area contributed by atoms with Crippen LogP contribution in [-0.2, 0) is 9.47 Å². The average molecular weight is 279 g/mol. The van der Waals surface area contributed by atoms with Crippen molar-refractivity contribution in [3.05, 3.63) is 24.2 Å². The van der Waals surface area contributed by atoms with Crippen molar-refractivity contribution in [1.29, 1.82) is 0 Å². The molecule has 1 unspecified atom stereocenters. The Morgan fingerprint density at radius 1 is 1.30 bits per heavy atom. The molecule has 5 nitrogen and oxygen atoms in total. The molecular formula is C15H21NO4. The second-order valence-corrected chi connectivity index (χ2v) is 5.60. The van der Waals surface area contributed by atoms with Gasteiger partial charge in [-0.15, -0.1) is 0 Å². The van der Waals surface area contributed by atoms with E-state index in [9.17, 15) is 4.79 Å². The number of nitrogens with one attached hydrogen (secondary N) is 1. The summed E-state index contributed by atoms with van der Waals surface area (Å²) in [5.41, 5.74) is 0.535. The van der Waals surface area contributed by atoms with Crippen LogP contribution in [0.25, 0.3) is 0 Å². The van der Waals surface area contributed by atoms with Crippen LogP contribution in [0.1, 0.15) is 48.9 Å². The van der Waals surface area contributed by atoms with Crippen LogP contribution in [-0.4, -0.2) is 30.9 Å². The zero-order chi connectivity index (χ0) is 13.8. The van der Waals surface area contributed by atoms with Crippen LogP contribution >= 0.6 is 0 Å². The molecular weight excluding hydrogens is 258 g/mol. The van der Waals surface area contributed by atoms with E-state index in [0.29, 0.717) is 18.7 Å². The zero-order valence-corrected chi connectivity index (χ0v) is 11.6. The van der Waals surface area contributed by atoms with Crippen LogP contribution in [0.3, 0.4) is 0 Å². The summed E-state index contributed by atoms with van der Waals surface area (Å²) in [6.07, 6.45) is 9.66. The lowest BCUT2D eigenvalue weighted by molar-refractivity contribution is -0.175. The molecule has 20 heavy (non-hydrogen) atoms. The Morgan fingerprint density at radius 3 is 2.80 bits per heavy atom. The Balaban J connectivity index is 1.49. The van der Waals surface area contributed by atoms with Gasteiger partial charge >= 0.3 is 0 Å². The highest BCUT2D eigenvalue weighted by Gasteiger charge is 2.41. The van der Waals surface area contributed by atoms with Gasteiger partial charge in [-0.2, -0.15) is 0 Å². The van der Waals surface area contributed by atoms with Gasteiger partial charge < -0.3 is 19.2 Å². The molecule has 1 amide bonds. The normalized spacial score (nSPS) is 25.5. The standard InChI is InChI=1S/C15H21NO4/c17-14(12-5-8-18-10-12)16-9-13-11-19-15(20-13)6-3-1-2-4-7-15/h5,8,10,13H,1-4,6-7,9,11H2,(H,16,17). The maximum absolute atomic E-state index is 11.8. The first-order chi connectivity index (χ1) is 9.77. The van der Waals surface area contributed by atoms with Gasteiger partial charge in [0.05, 0.1) is 18.4 Å². The van der Waals surface area contributed by atoms with Crippen LogP contribution < -0.4 is 5.32 Å². The molecule has 5 heteroatoms. The monoisotopic (exact) mass is 279 g/mol. The molecule has 1 aliphatic carbocycles. The van der Waals surface area contributed by atoms with Crippen LogP contribution in [0.15, 0.2) is 23.0 Å². The fourth-order valence-corrected chi connectivity index (χ4v) is 2.95. The van der Waals surface area contributed by atoms with Gasteiger partial charge in [-0.25, -0.2) is 0 Å². The van der Waals surface area contributed by atoms with Crippen LogP contribution in [0.2, 0.25) is 0 Å². The minimum Gasteiger partial charge on any atom is -0.472 e. The van der Waals surface area contributed by atoms with E-state index in [1.54, 1.807) is 6.07 Å². The van der Waals surface area contributed by atoms with E-state index in [4.69, 9.17) is 13.9 Å². The summed E-state index contributed by atoms with van der Waals surface area (Å²) in [5, 5.41) is 2.86. The molecule has 2 fully saturated rings. The molecule has 0 bridgehead atoms. The lowest BCUT2D eigenvalue weighted by atomic mass is 10.1. The Hall–Kier alpha value is -1.33. The summed E-state index contributed by atoms with van der Waals surface area (Å²) < 4.78 is 16.9. The summed E-state index contributed by atoms with van der Waals surface area (Å²) in [5.74, 6) is -0.522. The maximum atomic E-state index is 11.8. The van der Waals surface area contributed by atoms with Crippen molar-refractivity contribution in [1.82, 2.24) is 5.32 Å². The molecule has 1 saturated carbocycles. The molecule has 1 aliphatic heterocycles. The number of carbonyl (C=O) groups is 1. The minimum atomic E-state index is -0.387. The molecule has 3 rings (SSSR count). The van der Waals surface area contributed by atoms with Crippen LogP contribution in [0, 0.1) is 0 Å². The van der Waals surface area contributed by atoms with Gasteiger partial charge in [-0.05, 0) is 18.9 Å². The molecule has 1 atom stereocenters. The lowest BCUT2D eigenvalue weighted by Crippen LogP contribution is -2.35. The van der Waals surface area contributed by atoms with E-state index in [1.807, 2.05) is 0 Å². The first kappa shape index (κ1) is 13.6. The summed E-state index contributed by atoms with van der Waals surface area (Å²) in [6, 6.07) is 1.65. The van der Waals surface area contributed by atoms with Gasteiger partial charge in [0.2, 0.25) is 0 Å². The van der Waals surface area contributed by atoms with E-state index >= 15 is 0 Å². The summed E-state index contributed by atoms with van der Waals surface area (Å²) in [4.78, 5) is 11.8. The molecule has 110 valence electrons. The Morgan fingerprint density at radius 2 is 2.10 bits per heavy atom. The van der Waals surface area contributed by atoms with Gasteiger partial charge in [0.25, 0.3) is 5.91 Å². The number of carbonyl (C=O) groups excluding carboxylic acids is 1. The Kier molecular flexibility index (Phi) is 4.08. The van der Waals surface area contributed by atoms with Crippen LogP contribution in [0.4, 0.5) is 0 Å². The number of furan rings is 1. The van der Waals surface area contributed by atoms with Crippen molar-refractivity contribution in [3.63, 3.8) is 0 Å². The largest absolute Gasteiger partial charge is 0.472 e. The van der Waals surface area contributed by atoms with Gasteiger partial charge in [0.15, 0.2) is 5.79 Å². The SMILES string of the molecule is O=C(NCC1COC2(CCCCCC2)O1)c1ccoc1. The van der Waals surface area contributed by atoms with Gasteiger partial charge in [0, 0.05) is 19.4 Å². The highest BCUT2D eigenvalue weighted by molar-refractivity contribution is 5.93. The molecule has 1 aromatic heterocycles. The fraction of sp³-hybridized carbons (Fsp3) is 0.667. The van der Waals surface area contributed by atoms with E-state index in [1.165, 1.54) is 25.4 Å². The summed E-state index contributed by atoms with van der Waals surface area (Å²) in [6.45, 7) is 1.04. The third kappa shape index (κ3) is 3.04.